The van der Waals surface area contributed by atoms with E-state index in [-0.39, 0.29) is 30.8 Å². The van der Waals surface area contributed by atoms with E-state index in [9.17, 15) is 19.2 Å². The Balaban J connectivity index is 0.000000303. The fourth-order valence-corrected chi connectivity index (χ4v) is 3.87. The molecule has 2 aliphatic rings. The van der Waals surface area contributed by atoms with Crippen LogP contribution in [0.15, 0.2) is 24.3 Å². The van der Waals surface area contributed by atoms with Crippen LogP contribution in [0.5, 0.6) is 5.75 Å². The number of carboxylic acids is 1. The minimum absolute atomic E-state index is 0.0329. The van der Waals surface area contributed by atoms with Gasteiger partial charge in [0.15, 0.2) is 0 Å². The maximum Gasteiger partial charge on any atom is 0.314 e. The van der Waals surface area contributed by atoms with E-state index in [1.807, 2.05) is 0 Å². The van der Waals surface area contributed by atoms with Crippen LogP contribution < -0.4 is 16.2 Å². The van der Waals surface area contributed by atoms with Gasteiger partial charge >= 0.3 is 11.9 Å². The molecule has 176 valence electrons. The predicted molar refractivity (Wildman–Crippen MR) is 118 cm³/mol. The van der Waals surface area contributed by atoms with E-state index in [0.29, 0.717) is 37.6 Å². The highest BCUT2D eigenvalue weighted by atomic mass is 16.5. The summed E-state index contributed by atoms with van der Waals surface area (Å²) in [5.74, 6) is -0.358. The number of carbonyl (C=O) groups excluding carboxylic acids is 3. The molecule has 2 fully saturated rings. The van der Waals surface area contributed by atoms with Gasteiger partial charge in [0, 0.05) is 19.4 Å². The Morgan fingerprint density at radius 3 is 2.25 bits per heavy atom. The second-order valence-corrected chi connectivity index (χ2v) is 8.30. The SMILES string of the molecule is NC(=O)CN1CCCC1=O.NCC1CCC(C(=O)Oc2ccc(CCC(=O)O)cc2)CC1. The van der Waals surface area contributed by atoms with Gasteiger partial charge in [-0.1, -0.05) is 12.1 Å². The van der Waals surface area contributed by atoms with Gasteiger partial charge in [0.25, 0.3) is 0 Å². The van der Waals surface area contributed by atoms with E-state index in [1.54, 1.807) is 24.3 Å². The first-order valence-corrected chi connectivity index (χ1v) is 11.1. The number of hydrogen-bond donors (Lipinski definition) is 3. The molecule has 1 aliphatic carbocycles. The van der Waals surface area contributed by atoms with E-state index in [0.717, 1.165) is 37.7 Å². The first-order chi connectivity index (χ1) is 15.3. The molecule has 9 nitrogen and oxygen atoms in total. The average molecular weight is 448 g/mol. The van der Waals surface area contributed by atoms with Crippen LogP contribution in [0, 0.1) is 11.8 Å². The first kappa shape index (κ1) is 25.3. The summed E-state index contributed by atoms with van der Waals surface area (Å²) in [6.45, 7) is 1.46. The van der Waals surface area contributed by atoms with Crippen molar-refractivity contribution in [2.24, 2.45) is 23.3 Å². The van der Waals surface area contributed by atoms with Crippen LogP contribution in [-0.2, 0) is 25.6 Å². The van der Waals surface area contributed by atoms with Crippen molar-refractivity contribution in [2.45, 2.75) is 51.4 Å². The number of amides is 2. The van der Waals surface area contributed by atoms with E-state index in [4.69, 9.17) is 21.3 Å². The zero-order chi connectivity index (χ0) is 23.5. The smallest absolute Gasteiger partial charge is 0.314 e. The lowest BCUT2D eigenvalue weighted by molar-refractivity contribution is -0.140. The van der Waals surface area contributed by atoms with Gasteiger partial charge < -0.3 is 26.2 Å². The van der Waals surface area contributed by atoms with Gasteiger partial charge in [0.05, 0.1) is 12.5 Å². The monoisotopic (exact) mass is 447 g/mol. The molecule has 32 heavy (non-hydrogen) atoms. The number of rotatable bonds is 8. The van der Waals surface area contributed by atoms with Crippen molar-refractivity contribution in [3.63, 3.8) is 0 Å². The number of aliphatic carboxylic acids is 1. The summed E-state index contributed by atoms with van der Waals surface area (Å²) in [6.07, 6.45) is 5.67. The minimum atomic E-state index is -0.816. The molecule has 9 heteroatoms. The molecular weight excluding hydrogens is 414 g/mol. The molecule has 1 aromatic rings. The molecule has 1 saturated heterocycles. The molecule has 0 spiro atoms. The Kier molecular flexibility index (Phi) is 10.1. The van der Waals surface area contributed by atoms with E-state index >= 15 is 0 Å². The molecule has 1 aliphatic heterocycles. The van der Waals surface area contributed by atoms with Crippen molar-refractivity contribution in [1.29, 1.82) is 0 Å². The molecule has 0 aromatic heterocycles. The highest BCUT2D eigenvalue weighted by molar-refractivity contribution is 5.84. The quantitative estimate of drug-likeness (QED) is 0.403. The van der Waals surface area contributed by atoms with E-state index < -0.39 is 11.9 Å². The molecule has 0 atom stereocenters. The molecule has 3 rings (SSSR count). The Bertz CT molecular complexity index is 787. The van der Waals surface area contributed by atoms with Crippen LogP contribution in [0.4, 0.5) is 0 Å². The number of nitrogens with two attached hydrogens (primary N) is 2. The number of aryl methyl sites for hydroxylation is 1. The van der Waals surface area contributed by atoms with Gasteiger partial charge in [-0.25, -0.2) is 0 Å². The third-order valence-corrected chi connectivity index (χ3v) is 5.80. The van der Waals surface area contributed by atoms with Crippen molar-refractivity contribution < 1.29 is 29.0 Å². The van der Waals surface area contributed by atoms with E-state index in [2.05, 4.69) is 0 Å². The average Bonchev–Trinajstić information content (AvgIpc) is 3.17. The van der Waals surface area contributed by atoms with Crippen molar-refractivity contribution in [3.8, 4) is 5.75 Å². The van der Waals surface area contributed by atoms with Crippen molar-refractivity contribution in [1.82, 2.24) is 4.90 Å². The zero-order valence-electron chi connectivity index (χ0n) is 18.3. The standard InChI is InChI=1S/C17H23NO4.C6H10N2O2/c18-11-13-1-6-14(7-2-13)17(21)22-15-8-3-12(4-9-15)5-10-16(19)20;7-5(9)4-8-3-1-2-6(8)10/h3-4,8-9,13-14H,1-2,5-7,10-11,18H2,(H,19,20);1-4H2,(H2,7,9). The highest BCUT2D eigenvalue weighted by Crippen LogP contribution is 2.29. The third kappa shape index (κ3) is 8.66. The summed E-state index contributed by atoms with van der Waals surface area (Å²) >= 11 is 0. The molecule has 0 radical (unpaired) electrons. The van der Waals surface area contributed by atoms with Crippen LogP contribution in [0.3, 0.4) is 0 Å². The lowest BCUT2D eigenvalue weighted by atomic mass is 9.82. The van der Waals surface area contributed by atoms with Gasteiger partial charge in [0.2, 0.25) is 11.8 Å². The topological polar surface area (TPSA) is 153 Å². The Hall–Kier alpha value is -2.94. The van der Waals surface area contributed by atoms with Crippen molar-refractivity contribution in [3.05, 3.63) is 29.8 Å². The van der Waals surface area contributed by atoms with E-state index in [1.165, 1.54) is 4.90 Å². The minimum Gasteiger partial charge on any atom is -0.481 e. The van der Waals surface area contributed by atoms with Crippen LogP contribution >= 0.6 is 0 Å². The van der Waals surface area contributed by atoms with Gasteiger partial charge in [-0.2, -0.15) is 0 Å². The van der Waals surface area contributed by atoms with Crippen molar-refractivity contribution in [2.75, 3.05) is 19.6 Å². The number of esters is 1. The highest BCUT2D eigenvalue weighted by Gasteiger charge is 2.27. The Morgan fingerprint density at radius 2 is 1.75 bits per heavy atom. The molecule has 1 saturated carbocycles. The maximum atomic E-state index is 12.1. The fraction of sp³-hybridized carbons (Fsp3) is 0.565. The Labute approximate surface area is 188 Å². The summed E-state index contributed by atoms with van der Waals surface area (Å²) in [7, 11) is 0. The number of ether oxygens (including phenoxy) is 1. The third-order valence-electron chi connectivity index (χ3n) is 5.80. The van der Waals surface area contributed by atoms with Crippen LogP contribution in [-0.4, -0.2) is 53.4 Å². The summed E-state index contributed by atoms with van der Waals surface area (Å²) in [4.78, 5) is 45.3. The number of hydrogen-bond acceptors (Lipinski definition) is 6. The van der Waals surface area contributed by atoms with Crippen molar-refractivity contribution >= 4 is 23.8 Å². The van der Waals surface area contributed by atoms with Gasteiger partial charge in [0.1, 0.15) is 5.75 Å². The lowest BCUT2D eigenvalue weighted by Gasteiger charge is -2.26. The van der Waals surface area contributed by atoms with Gasteiger partial charge in [-0.3, -0.25) is 19.2 Å². The number of benzene rings is 1. The second kappa shape index (κ2) is 12.8. The summed E-state index contributed by atoms with van der Waals surface area (Å²) in [5.41, 5.74) is 11.5. The number of carboxylic acid groups (broad SMARTS) is 1. The normalized spacial score (nSPS) is 20.3. The van der Waals surface area contributed by atoms with Crippen LogP contribution in [0.2, 0.25) is 0 Å². The molecule has 1 aromatic carbocycles. The molecule has 0 unspecified atom stereocenters. The Morgan fingerprint density at radius 1 is 1.09 bits per heavy atom. The van der Waals surface area contributed by atoms with Crippen LogP contribution in [0.25, 0.3) is 0 Å². The summed E-state index contributed by atoms with van der Waals surface area (Å²) < 4.78 is 5.42. The van der Waals surface area contributed by atoms with Crippen LogP contribution in [0.1, 0.15) is 50.5 Å². The second-order valence-electron chi connectivity index (χ2n) is 8.30. The molecule has 1 heterocycles. The predicted octanol–water partition coefficient (Wildman–Crippen LogP) is 1.47. The lowest BCUT2D eigenvalue weighted by Crippen LogP contribution is -2.34. The summed E-state index contributed by atoms with van der Waals surface area (Å²) in [6, 6.07) is 7.05. The fourth-order valence-electron chi connectivity index (χ4n) is 3.87. The summed E-state index contributed by atoms with van der Waals surface area (Å²) in [5, 5.41) is 8.65. The molecule has 0 bridgehead atoms. The number of nitrogens with zero attached hydrogens (tertiary/aromatic N) is 1. The zero-order valence-corrected chi connectivity index (χ0v) is 18.3. The molecular formula is C23H33N3O6. The van der Waals surface area contributed by atoms with Gasteiger partial charge in [-0.15, -0.1) is 0 Å². The number of likely N-dealkylation sites (tertiary alicyclic amines) is 1. The maximum absolute atomic E-state index is 12.1. The van der Waals surface area contributed by atoms with Gasteiger partial charge in [-0.05, 0) is 68.7 Å². The molecule has 2 amide bonds. The number of carbonyl (C=O) groups is 4. The largest absolute Gasteiger partial charge is 0.481 e. The number of primary amides is 1. The molecule has 5 N–H and O–H groups in total. The first-order valence-electron chi connectivity index (χ1n) is 11.1.